The zero-order valence-corrected chi connectivity index (χ0v) is 11.5. The third-order valence-corrected chi connectivity index (χ3v) is 3.05. The molecule has 2 amide bonds. The normalized spacial score (nSPS) is 20.1. The lowest BCUT2D eigenvalue weighted by molar-refractivity contribution is -0.130. The topological polar surface area (TPSA) is 87.3 Å². The molecule has 19 heavy (non-hydrogen) atoms. The molecule has 1 saturated heterocycles. The van der Waals surface area contributed by atoms with Gasteiger partial charge in [-0.1, -0.05) is 13.8 Å². The van der Waals surface area contributed by atoms with Gasteiger partial charge in [-0.25, -0.2) is 0 Å². The van der Waals surface area contributed by atoms with Crippen molar-refractivity contribution in [2.45, 2.75) is 45.2 Å². The van der Waals surface area contributed by atoms with E-state index in [4.69, 9.17) is 0 Å². The minimum Gasteiger partial charge on any atom is -0.347 e. The van der Waals surface area contributed by atoms with Crippen molar-refractivity contribution in [3.63, 3.8) is 0 Å². The fourth-order valence-corrected chi connectivity index (χ4v) is 2.13. The highest BCUT2D eigenvalue weighted by atomic mass is 16.2. The Morgan fingerprint density at radius 3 is 2.68 bits per heavy atom. The molecule has 1 heterocycles. The van der Waals surface area contributed by atoms with Crippen LogP contribution in [-0.4, -0.2) is 43.3 Å². The van der Waals surface area contributed by atoms with Gasteiger partial charge >= 0.3 is 0 Å². The van der Waals surface area contributed by atoms with Gasteiger partial charge in [-0.15, -0.1) is 0 Å². The van der Waals surface area contributed by atoms with Crippen molar-refractivity contribution in [1.29, 1.82) is 0 Å². The summed E-state index contributed by atoms with van der Waals surface area (Å²) >= 11 is 0. The van der Waals surface area contributed by atoms with Crippen molar-refractivity contribution in [1.82, 2.24) is 16.0 Å². The summed E-state index contributed by atoms with van der Waals surface area (Å²) < 4.78 is 0. The molecule has 1 aliphatic rings. The first-order chi connectivity index (χ1) is 9.04. The average Bonchev–Trinajstić information content (AvgIpc) is 2.88. The lowest BCUT2D eigenvalue weighted by Crippen LogP contribution is -2.52. The van der Waals surface area contributed by atoms with Crippen molar-refractivity contribution in [2.24, 2.45) is 5.92 Å². The molecule has 2 unspecified atom stereocenters. The van der Waals surface area contributed by atoms with E-state index in [1.165, 1.54) is 0 Å². The first-order valence-electron chi connectivity index (χ1n) is 6.71. The van der Waals surface area contributed by atoms with Gasteiger partial charge in [-0.05, 0) is 31.7 Å². The van der Waals surface area contributed by atoms with Crippen LogP contribution >= 0.6 is 0 Å². The Morgan fingerprint density at radius 2 is 2.16 bits per heavy atom. The Hall–Kier alpha value is -1.43. The van der Waals surface area contributed by atoms with E-state index >= 15 is 0 Å². The molecule has 6 nitrogen and oxygen atoms in total. The second-order valence-corrected chi connectivity index (χ2v) is 5.20. The minimum atomic E-state index is -0.594. The molecule has 1 aliphatic heterocycles. The fourth-order valence-electron chi connectivity index (χ4n) is 2.13. The van der Waals surface area contributed by atoms with Crippen LogP contribution in [0.1, 0.15) is 33.1 Å². The van der Waals surface area contributed by atoms with Crippen LogP contribution < -0.4 is 16.0 Å². The molecule has 1 radical (unpaired) electrons. The molecule has 0 aliphatic carbocycles. The monoisotopic (exact) mass is 268 g/mol. The van der Waals surface area contributed by atoms with E-state index in [0.717, 1.165) is 19.4 Å². The summed E-state index contributed by atoms with van der Waals surface area (Å²) in [6, 6.07) is -0.802. The Balaban J connectivity index is 2.54. The lowest BCUT2D eigenvalue weighted by atomic mass is 10.0. The SMILES string of the molecule is CC(C)CC(NC(=O)C1CCCN1)C(=O)NC[C]=O. The number of rotatable bonds is 7. The molecule has 6 heteroatoms. The Labute approximate surface area is 113 Å². The Bertz CT molecular complexity index is 325. The number of nitrogens with one attached hydrogen (secondary N) is 3. The maximum Gasteiger partial charge on any atom is 0.242 e. The van der Waals surface area contributed by atoms with Gasteiger partial charge < -0.3 is 16.0 Å². The van der Waals surface area contributed by atoms with Gasteiger partial charge in [0, 0.05) is 0 Å². The van der Waals surface area contributed by atoms with Crippen LogP contribution in [0.15, 0.2) is 0 Å². The second-order valence-electron chi connectivity index (χ2n) is 5.20. The molecule has 0 spiro atoms. The maximum atomic E-state index is 12.0. The molecule has 0 aromatic rings. The van der Waals surface area contributed by atoms with Gasteiger partial charge in [0.1, 0.15) is 6.04 Å². The van der Waals surface area contributed by atoms with Crippen LogP contribution in [0.5, 0.6) is 0 Å². The van der Waals surface area contributed by atoms with Crippen LogP contribution in [0.25, 0.3) is 0 Å². The van der Waals surface area contributed by atoms with Crippen LogP contribution in [0.2, 0.25) is 0 Å². The summed E-state index contributed by atoms with van der Waals surface area (Å²) in [5.74, 6) is -0.204. The summed E-state index contributed by atoms with van der Waals surface area (Å²) in [6.45, 7) is 4.64. The quantitative estimate of drug-likeness (QED) is 0.580. The van der Waals surface area contributed by atoms with E-state index in [2.05, 4.69) is 16.0 Å². The highest BCUT2D eigenvalue weighted by molar-refractivity contribution is 5.90. The van der Waals surface area contributed by atoms with Crippen molar-refractivity contribution in [3.8, 4) is 0 Å². The van der Waals surface area contributed by atoms with E-state index in [1.54, 1.807) is 6.29 Å². The van der Waals surface area contributed by atoms with Gasteiger partial charge in [-0.3, -0.25) is 14.4 Å². The predicted molar refractivity (Wildman–Crippen MR) is 71.1 cm³/mol. The Morgan fingerprint density at radius 1 is 1.42 bits per heavy atom. The Kier molecular flexibility index (Phi) is 6.49. The molecule has 0 aromatic heterocycles. The first kappa shape index (κ1) is 15.6. The third-order valence-electron chi connectivity index (χ3n) is 3.05. The van der Waals surface area contributed by atoms with E-state index in [9.17, 15) is 14.4 Å². The lowest BCUT2D eigenvalue weighted by Gasteiger charge is -2.21. The molecule has 107 valence electrons. The van der Waals surface area contributed by atoms with Crippen LogP contribution in [-0.2, 0) is 14.4 Å². The number of amides is 2. The molecule has 0 aromatic carbocycles. The van der Waals surface area contributed by atoms with Crippen molar-refractivity contribution in [3.05, 3.63) is 0 Å². The first-order valence-corrected chi connectivity index (χ1v) is 6.71. The molecular formula is C13H22N3O3. The number of carbonyl (C=O) groups excluding carboxylic acids is 3. The summed E-state index contributed by atoms with van der Waals surface area (Å²) in [5, 5.41) is 8.28. The average molecular weight is 268 g/mol. The highest BCUT2D eigenvalue weighted by Crippen LogP contribution is 2.08. The molecule has 0 bridgehead atoms. The third kappa shape index (κ3) is 5.38. The van der Waals surface area contributed by atoms with E-state index in [0.29, 0.717) is 6.42 Å². The smallest absolute Gasteiger partial charge is 0.242 e. The largest absolute Gasteiger partial charge is 0.347 e. The molecule has 1 rings (SSSR count). The van der Waals surface area contributed by atoms with Crippen molar-refractivity contribution in [2.75, 3.05) is 13.1 Å². The second kappa shape index (κ2) is 7.89. The maximum absolute atomic E-state index is 12.0. The van der Waals surface area contributed by atoms with Gasteiger partial charge in [0.15, 0.2) is 0 Å². The molecule has 3 N–H and O–H groups in total. The molecule has 1 fully saturated rings. The highest BCUT2D eigenvalue weighted by Gasteiger charge is 2.27. The molecule has 0 saturated carbocycles. The number of hydrogen-bond donors (Lipinski definition) is 3. The van der Waals surface area contributed by atoms with Crippen LogP contribution in [0.4, 0.5) is 0 Å². The minimum absolute atomic E-state index is 0.145. The summed E-state index contributed by atoms with van der Waals surface area (Å²) in [4.78, 5) is 34.0. The van der Waals surface area contributed by atoms with Crippen molar-refractivity contribution < 1.29 is 14.4 Å². The number of hydrogen-bond acceptors (Lipinski definition) is 4. The van der Waals surface area contributed by atoms with Gasteiger partial charge in [0.25, 0.3) is 0 Å². The molecular weight excluding hydrogens is 246 g/mol. The van der Waals surface area contributed by atoms with Gasteiger partial charge in [0.05, 0.1) is 12.6 Å². The summed E-state index contributed by atoms with van der Waals surface area (Å²) in [5.41, 5.74) is 0. The van der Waals surface area contributed by atoms with E-state index in [1.807, 2.05) is 13.8 Å². The number of carbonyl (C=O) groups is 2. The van der Waals surface area contributed by atoms with Gasteiger partial charge in [-0.2, -0.15) is 0 Å². The molecule has 2 atom stereocenters. The zero-order chi connectivity index (χ0) is 14.3. The van der Waals surface area contributed by atoms with E-state index < -0.39 is 6.04 Å². The van der Waals surface area contributed by atoms with Crippen LogP contribution in [0, 0.1) is 5.92 Å². The van der Waals surface area contributed by atoms with Crippen molar-refractivity contribution >= 4 is 18.1 Å². The van der Waals surface area contributed by atoms with E-state index in [-0.39, 0.29) is 30.3 Å². The van der Waals surface area contributed by atoms with Crippen LogP contribution in [0.3, 0.4) is 0 Å². The fraction of sp³-hybridized carbons (Fsp3) is 0.769. The standard InChI is InChI=1S/C13H22N3O3/c1-9(2)8-11(12(18)15-6-7-17)16-13(19)10-4-3-5-14-10/h9-11,14H,3-6,8H2,1-2H3,(H,15,18)(H,16,19). The predicted octanol–water partition coefficient (Wildman–Crippen LogP) is -0.505. The summed E-state index contributed by atoms with van der Waals surface area (Å²) in [7, 11) is 0. The van der Waals surface area contributed by atoms with Gasteiger partial charge in [0.2, 0.25) is 18.1 Å². The summed E-state index contributed by atoms with van der Waals surface area (Å²) in [6.07, 6.45) is 3.92. The zero-order valence-electron chi connectivity index (χ0n) is 11.5.